The molecule has 0 saturated carbocycles. The number of hydrogen-bond acceptors (Lipinski definition) is 3. The van der Waals surface area contributed by atoms with E-state index in [2.05, 4.69) is 4.99 Å². The first-order chi connectivity index (χ1) is 8.04. The summed E-state index contributed by atoms with van der Waals surface area (Å²) in [7, 11) is 1.53. The Bertz CT molecular complexity index is 467. The SMILES string of the molecule is CN=C(N)CC(=O)Cc1ccccc1C(N)=O. The van der Waals surface area contributed by atoms with Crippen LogP contribution in [-0.2, 0) is 11.2 Å². The molecule has 0 heterocycles. The Morgan fingerprint density at radius 2 is 1.88 bits per heavy atom. The minimum atomic E-state index is -0.537. The van der Waals surface area contributed by atoms with Crippen molar-refractivity contribution < 1.29 is 9.59 Å². The van der Waals surface area contributed by atoms with Crippen LogP contribution in [-0.4, -0.2) is 24.6 Å². The predicted molar refractivity (Wildman–Crippen MR) is 65.8 cm³/mol. The second-order valence-corrected chi connectivity index (χ2v) is 3.63. The fourth-order valence-electron chi connectivity index (χ4n) is 1.47. The van der Waals surface area contributed by atoms with Gasteiger partial charge in [0.05, 0.1) is 6.42 Å². The van der Waals surface area contributed by atoms with Gasteiger partial charge in [-0.25, -0.2) is 0 Å². The smallest absolute Gasteiger partial charge is 0.248 e. The first kappa shape index (κ1) is 12.9. The molecular formula is C12H15N3O2. The number of ketones is 1. The van der Waals surface area contributed by atoms with Crippen LogP contribution in [0.15, 0.2) is 29.3 Å². The molecule has 0 spiro atoms. The van der Waals surface area contributed by atoms with Crippen molar-refractivity contribution in [2.45, 2.75) is 12.8 Å². The first-order valence-electron chi connectivity index (χ1n) is 5.15. The molecule has 0 fully saturated rings. The zero-order valence-corrected chi connectivity index (χ0v) is 9.64. The summed E-state index contributed by atoms with van der Waals surface area (Å²) in [5, 5.41) is 0. The van der Waals surface area contributed by atoms with Crippen molar-refractivity contribution in [3.63, 3.8) is 0 Å². The van der Waals surface area contributed by atoms with E-state index in [4.69, 9.17) is 11.5 Å². The summed E-state index contributed by atoms with van der Waals surface area (Å²) in [5.41, 5.74) is 11.7. The van der Waals surface area contributed by atoms with Gasteiger partial charge >= 0.3 is 0 Å². The summed E-state index contributed by atoms with van der Waals surface area (Å²) >= 11 is 0. The van der Waals surface area contributed by atoms with Gasteiger partial charge in [-0.2, -0.15) is 0 Å². The first-order valence-corrected chi connectivity index (χ1v) is 5.15. The van der Waals surface area contributed by atoms with E-state index in [-0.39, 0.29) is 24.5 Å². The number of Topliss-reactive ketones (excluding diaryl/α,β-unsaturated/α-hetero) is 1. The van der Waals surface area contributed by atoms with Gasteiger partial charge in [-0.3, -0.25) is 14.6 Å². The molecule has 1 amide bonds. The van der Waals surface area contributed by atoms with Crippen molar-refractivity contribution in [2.75, 3.05) is 7.05 Å². The molecule has 90 valence electrons. The van der Waals surface area contributed by atoms with Crippen LogP contribution in [0.3, 0.4) is 0 Å². The topological polar surface area (TPSA) is 98.5 Å². The third-order valence-electron chi connectivity index (χ3n) is 2.34. The Labute approximate surface area is 99.5 Å². The molecule has 0 bridgehead atoms. The Morgan fingerprint density at radius 3 is 2.47 bits per heavy atom. The lowest BCUT2D eigenvalue weighted by atomic mass is 10.0. The van der Waals surface area contributed by atoms with Gasteiger partial charge in [0.2, 0.25) is 5.91 Å². The van der Waals surface area contributed by atoms with Crippen LogP contribution in [0.2, 0.25) is 0 Å². The normalized spacial score (nSPS) is 11.2. The van der Waals surface area contributed by atoms with E-state index in [9.17, 15) is 9.59 Å². The second-order valence-electron chi connectivity index (χ2n) is 3.63. The van der Waals surface area contributed by atoms with E-state index in [1.54, 1.807) is 24.3 Å². The molecule has 4 N–H and O–H groups in total. The average molecular weight is 233 g/mol. The van der Waals surface area contributed by atoms with Gasteiger partial charge in [0, 0.05) is 19.0 Å². The van der Waals surface area contributed by atoms with Gasteiger partial charge < -0.3 is 11.5 Å². The second kappa shape index (κ2) is 5.79. The molecule has 17 heavy (non-hydrogen) atoms. The molecular weight excluding hydrogens is 218 g/mol. The van der Waals surface area contributed by atoms with Gasteiger partial charge in [-0.1, -0.05) is 18.2 Å². The molecule has 5 nitrogen and oxygen atoms in total. The van der Waals surface area contributed by atoms with Crippen LogP contribution in [0.5, 0.6) is 0 Å². The van der Waals surface area contributed by atoms with Crippen molar-refractivity contribution in [1.82, 2.24) is 0 Å². The molecule has 0 aromatic heterocycles. The fourth-order valence-corrected chi connectivity index (χ4v) is 1.47. The maximum Gasteiger partial charge on any atom is 0.248 e. The molecule has 0 saturated heterocycles. The van der Waals surface area contributed by atoms with Crippen LogP contribution in [0.1, 0.15) is 22.3 Å². The summed E-state index contributed by atoms with van der Waals surface area (Å²) < 4.78 is 0. The highest BCUT2D eigenvalue weighted by Crippen LogP contribution is 2.10. The van der Waals surface area contributed by atoms with Crippen LogP contribution in [0, 0.1) is 0 Å². The maximum absolute atomic E-state index is 11.6. The van der Waals surface area contributed by atoms with Crippen LogP contribution < -0.4 is 11.5 Å². The zero-order valence-electron chi connectivity index (χ0n) is 9.64. The molecule has 1 aromatic carbocycles. The summed E-state index contributed by atoms with van der Waals surface area (Å²) in [4.78, 5) is 26.5. The molecule has 0 aliphatic rings. The number of carbonyl (C=O) groups is 2. The minimum Gasteiger partial charge on any atom is -0.387 e. The monoisotopic (exact) mass is 233 g/mol. The molecule has 1 rings (SSSR count). The predicted octanol–water partition coefficient (Wildman–Crippen LogP) is 0.274. The number of primary amides is 1. The summed E-state index contributed by atoms with van der Waals surface area (Å²) in [6, 6.07) is 6.77. The highest BCUT2D eigenvalue weighted by Gasteiger charge is 2.11. The summed E-state index contributed by atoms with van der Waals surface area (Å²) in [5.74, 6) is -0.348. The van der Waals surface area contributed by atoms with E-state index in [1.165, 1.54) is 7.05 Å². The minimum absolute atomic E-state index is 0.0869. The van der Waals surface area contributed by atoms with Crippen LogP contribution in [0.4, 0.5) is 0 Å². The van der Waals surface area contributed by atoms with Crippen molar-refractivity contribution in [3.05, 3.63) is 35.4 Å². The lowest BCUT2D eigenvalue weighted by molar-refractivity contribution is -0.117. The lowest BCUT2D eigenvalue weighted by Gasteiger charge is -2.05. The number of aliphatic imine (C=N–C) groups is 1. The molecule has 0 radical (unpaired) electrons. The van der Waals surface area contributed by atoms with E-state index in [1.807, 2.05) is 0 Å². The standard InChI is InChI=1S/C12H15N3O2/c1-15-11(13)7-9(16)6-8-4-2-3-5-10(8)12(14)17/h2-5H,6-7H2,1H3,(H2,13,15)(H2,14,17). The van der Waals surface area contributed by atoms with Crippen molar-refractivity contribution in [2.24, 2.45) is 16.5 Å². The number of amidine groups is 1. The number of rotatable bonds is 5. The third-order valence-corrected chi connectivity index (χ3v) is 2.34. The van der Waals surface area contributed by atoms with E-state index >= 15 is 0 Å². The number of benzene rings is 1. The van der Waals surface area contributed by atoms with Gasteiger partial charge in [0.1, 0.15) is 11.6 Å². The molecule has 0 aliphatic carbocycles. The van der Waals surface area contributed by atoms with E-state index in [0.29, 0.717) is 11.1 Å². The number of nitrogens with two attached hydrogens (primary N) is 2. The third kappa shape index (κ3) is 3.71. The van der Waals surface area contributed by atoms with Gasteiger partial charge in [0.25, 0.3) is 0 Å². The molecule has 5 heteroatoms. The lowest BCUT2D eigenvalue weighted by Crippen LogP contribution is -2.20. The van der Waals surface area contributed by atoms with Gasteiger partial charge in [-0.15, -0.1) is 0 Å². The summed E-state index contributed by atoms with van der Waals surface area (Å²) in [6.07, 6.45) is 0.221. The maximum atomic E-state index is 11.6. The van der Waals surface area contributed by atoms with Gasteiger partial charge in [-0.05, 0) is 11.6 Å². The summed E-state index contributed by atoms with van der Waals surface area (Å²) in [6.45, 7) is 0. The number of amides is 1. The van der Waals surface area contributed by atoms with E-state index < -0.39 is 5.91 Å². The largest absolute Gasteiger partial charge is 0.387 e. The van der Waals surface area contributed by atoms with Crippen molar-refractivity contribution in [1.29, 1.82) is 0 Å². The van der Waals surface area contributed by atoms with E-state index in [0.717, 1.165) is 0 Å². The number of nitrogens with zero attached hydrogens (tertiary/aromatic N) is 1. The molecule has 0 atom stereocenters. The Kier molecular flexibility index (Phi) is 4.39. The van der Waals surface area contributed by atoms with Crippen LogP contribution >= 0.6 is 0 Å². The van der Waals surface area contributed by atoms with Crippen LogP contribution in [0.25, 0.3) is 0 Å². The average Bonchev–Trinajstić information content (AvgIpc) is 2.29. The number of carbonyl (C=O) groups excluding carboxylic acids is 2. The molecule has 0 unspecified atom stereocenters. The Hall–Kier alpha value is -2.17. The molecule has 0 aliphatic heterocycles. The number of hydrogen-bond donors (Lipinski definition) is 2. The Morgan fingerprint density at radius 1 is 1.24 bits per heavy atom. The zero-order chi connectivity index (χ0) is 12.8. The molecule has 1 aromatic rings. The highest BCUT2D eigenvalue weighted by atomic mass is 16.1. The highest BCUT2D eigenvalue weighted by molar-refractivity contribution is 6.02. The Balaban J connectivity index is 2.81. The van der Waals surface area contributed by atoms with Crippen molar-refractivity contribution >= 4 is 17.5 Å². The van der Waals surface area contributed by atoms with Gasteiger partial charge in [0.15, 0.2) is 0 Å². The quantitative estimate of drug-likeness (QED) is 0.564. The fraction of sp³-hybridized carbons (Fsp3) is 0.250. The van der Waals surface area contributed by atoms with Crippen molar-refractivity contribution in [3.8, 4) is 0 Å².